The number of pyridine rings is 1. The smallest absolute Gasteiger partial charge is 0.134 e. The van der Waals surface area contributed by atoms with Gasteiger partial charge in [0.25, 0.3) is 0 Å². The van der Waals surface area contributed by atoms with Gasteiger partial charge in [-0.05, 0) is 25.1 Å². The second kappa shape index (κ2) is 4.43. The molecule has 0 N–H and O–H groups in total. The van der Waals surface area contributed by atoms with E-state index < -0.39 is 0 Å². The van der Waals surface area contributed by atoms with Crippen LogP contribution in [-0.2, 0) is 6.42 Å². The number of rotatable bonds is 2. The molecule has 0 bridgehead atoms. The lowest BCUT2D eigenvalue weighted by molar-refractivity contribution is 0.263. The van der Waals surface area contributed by atoms with Crippen molar-refractivity contribution in [3.05, 3.63) is 29.5 Å². The van der Waals surface area contributed by atoms with E-state index in [4.69, 9.17) is 9.47 Å². The summed E-state index contributed by atoms with van der Waals surface area (Å²) < 4.78 is 11.3. The van der Waals surface area contributed by atoms with Crippen molar-refractivity contribution in [3.63, 3.8) is 0 Å². The molecule has 0 spiro atoms. The van der Waals surface area contributed by atoms with Gasteiger partial charge in [0.1, 0.15) is 17.6 Å². The van der Waals surface area contributed by atoms with Crippen LogP contribution in [0.15, 0.2) is 18.2 Å². The lowest BCUT2D eigenvalue weighted by Crippen LogP contribution is -2.13. The monoisotopic (exact) mass is 307 g/mol. The first kappa shape index (κ1) is 11.8. The lowest BCUT2D eigenvalue weighted by Gasteiger charge is -2.09. The van der Waals surface area contributed by atoms with Gasteiger partial charge < -0.3 is 9.47 Å². The van der Waals surface area contributed by atoms with E-state index in [1.165, 1.54) is 5.56 Å². The van der Waals surface area contributed by atoms with Gasteiger partial charge in [0, 0.05) is 28.4 Å². The molecule has 0 fully saturated rings. The molecule has 0 amide bonds. The first-order valence-corrected chi connectivity index (χ1v) is 7.05. The minimum Gasteiger partial charge on any atom is -0.497 e. The zero-order valence-corrected chi connectivity index (χ0v) is 12.0. The Kier molecular flexibility index (Phi) is 2.90. The van der Waals surface area contributed by atoms with Gasteiger partial charge in [-0.15, -0.1) is 0 Å². The highest BCUT2D eigenvalue weighted by molar-refractivity contribution is 9.09. The SMILES string of the molecule is COc1ccc2nc(C)c3c(c2c1)OC(CBr)C3. The number of nitrogens with zero attached hydrogens (tertiary/aromatic N) is 1. The molecule has 1 unspecified atom stereocenters. The highest BCUT2D eigenvalue weighted by atomic mass is 79.9. The van der Waals surface area contributed by atoms with Crippen LogP contribution in [0.5, 0.6) is 11.5 Å². The minimum absolute atomic E-state index is 0.206. The molecule has 0 saturated carbocycles. The molecule has 1 aliphatic heterocycles. The van der Waals surface area contributed by atoms with Crippen LogP contribution in [0.1, 0.15) is 11.3 Å². The molecule has 0 radical (unpaired) electrons. The maximum atomic E-state index is 6.01. The molecule has 0 aliphatic carbocycles. The summed E-state index contributed by atoms with van der Waals surface area (Å²) in [5, 5.41) is 1.88. The van der Waals surface area contributed by atoms with Crippen molar-refractivity contribution in [2.75, 3.05) is 12.4 Å². The van der Waals surface area contributed by atoms with Gasteiger partial charge >= 0.3 is 0 Å². The fourth-order valence-corrected chi connectivity index (χ4v) is 2.75. The normalized spacial score (nSPS) is 17.6. The number of benzene rings is 1. The van der Waals surface area contributed by atoms with Crippen molar-refractivity contribution in [2.24, 2.45) is 0 Å². The highest BCUT2D eigenvalue weighted by Gasteiger charge is 2.26. The molecule has 4 heteroatoms. The predicted octanol–water partition coefficient (Wildman–Crippen LogP) is 3.25. The van der Waals surface area contributed by atoms with Crippen LogP contribution >= 0.6 is 15.9 Å². The van der Waals surface area contributed by atoms with Crippen LogP contribution in [-0.4, -0.2) is 23.5 Å². The van der Waals surface area contributed by atoms with Crippen molar-refractivity contribution in [3.8, 4) is 11.5 Å². The summed E-state index contributed by atoms with van der Waals surface area (Å²) in [4.78, 5) is 4.64. The maximum absolute atomic E-state index is 6.01. The number of methoxy groups -OCH3 is 1. The third kappa shape index (κ3) is 1.75. The molecule has 3 nitrogen and oxygen atoms in total. The molecule has 18 heavy (non-hydrogen) atoms. The quantitative estimate of drug-likeness (QED) is 0.798. The molecular formula is C14H14BrNO2. The molecule has 1 aliphatic rings. The van der Waals surface area contributed by atoms with Crippen molar-refractivity contribution in [1.29, 1.82) is 0 Å². The predicted molar refractivity (Wildman–Crippen MR) is 74.9 cm³/mol. The Balaban J connectivity index is 2.24. The van der Waals surface area contributed by atoms with E-state index in [9.17, 15) is 0 Å². The number of aromatic nitrogens is 1. The number of halogens is 1. The Morgan fingerprint density at radius 1 is 1.50 bits per heavy atom. The zero-order chi connectivity index (χ0) is 12.7. The Bertz CT molecular complexity index is 612. The van der Waals surface area contributed by atoms with Crippen molar-refractivity contribution < 1.29 is 9.47 Å². The standard InChI is InChI=1S/C14H14BrNO2/c1-8-11-6-10(7-15)18-14(11)12-5-9(17-2)3-4-13(12)16-8/h3-5,10H,6-7H2,1-2H3. The number of hydrogen-bond donors (Lipinski definition) is 0. The third-order valence-electron chi connectivity index (χ3n) is 3.34. The van der Waals surface area contributed by atoms with Gasteiger partial charge in [0.15, 0.2) is 0 Å². The lowest BCUT2D eigenvalue weighted by atomic mass is 10.1. The van der Waals surface area contributed by atoms with Crippen LogP contribution in [0.25, 0.3) is 10.9 Å². The fourth-order valence-electron chi connectivity index (χ4n) is 2.39. The fraction of sp³-hybridized carbons (Fsp3) is 0.357. The molecule has 1 atom stereocenters. The van der Waals surface area contributed by atoms with E-state index in [0.29, 0.717) is 0 Å². The first-order chi connectivity index (χ1) is 8.72. The second-order valence-electron chi connectivity index (χ2n) is 4.49. The van der Waals surface area contributed by atoms with E-state index in [0.717, 1.165) is 39.8 Å². The Labute approximate surface area is 114 Å². The van der Waals surface area contributed by atoms with Gasteiger partial charge in [-0.3, -0.25) is 4.98 Å². The average Bonchev–Trinajstić information content (AvgIpc) is 2.83. The highest BCUT2D eigenvalue weighted by Crippen LogP contribution is 2.38. The Morgan fingerprint density at radius 3 is 3.06 bits per heavy atom. The Morgan fingerprint density at radius 2 is 2.33 bits per heavy atom. The van der Waals surface area contributed by atoms with Crippen LogP contribution in [0.2, 0.25) is 0 Å². The maximum Gasteiger partial charge on any atom is 0.134 e. The summed E-state index contributed by atoms with van der Waals surface area (Å²) in [5.41, 5.74) is 3.24. The van der Waals surface area contributed by atoms with E-state index in [2.05, 4.69) is 20.9 Å². The summed E-state index contributed by atoms with van der Waals surface area (Å²) >= 11 is 3.48. The van der Waals surface area contributed by atoms with Gasteiger partial charge in [-0.25, -0.2) is 0 Å². The van der Waals surface area contributed by atoms with E-state index >= 15 is 0 Å². The van der Waals surface area contributed by atoms with Gasteiger partial charge in [-0.1, -0.05) is 15.9 Å². The van der Waals surface area contributed by atoms with Gasteiger partial charge in [0.2, 0.25) is 0 Å². The largest absolute Gasteiger partial charge is 0.497 e. The van der Waals surface area contributed by atoms with E-state index in [1.54, 1.807) is 7.11 Å². The van der Waals surface area contributed by atoms with Gasteiger partial charge in [-0.2, -0.15) is 0 Å². The molecule has 3 rings (SSSR count). The summed E-state index contributed by atoms with van der Waals surface area (Å²) in [5.74, 6) is 1.81. The van der Waals surface area contributed by atoms with Crippen molar-refractivity contribution in [2.45, 2.75) is 19.4 Å². The first-order valence-electron chi connectivity index (χ1n) is 5.92. The molecule has 2 aromatic rings. The molecule has 94 valence electrons. The summed E-state index contributed by atoms with van der Waals surface area (Å²) in [7, 11) is 1.67. The van der Waals surface area contributed by atoms with Crippen molar-refractivity contribution >= 4 is 26.8 Å². The van der Waals surface area contributed by atoms with Crippen LogP contribution in [0.4, 0.5) is 0 Å². The summed E-state index contributed by atoms with van der Waals surface area (Å²) in [6, 6.07) is 5.90. The van der Waals surface area contributed by atoms with Crippen molar-refractivity contribution in [1.82, 2.24) is 4.98 Å². The minimum atomic E-state index is 0.206. The molecule has 1 aromatic heterocycles. The number of fused-ring (bicyclic) bond motifs is 3. The molecule has 2 heterocycles. The molecule has 1 aromatic carbocycles. The number of hydrogen-bond acceptors (Lipinski definition) is 3. The average molecular weight is 308 g/mol. The third-order valence-corrected chi connectivity index (χ3v) is 4.06. The summed E-state index contributed by atoms with van der Waals surface area (Å²) in [6.45, 7) is 2.04. The molecular weight excluding hydrogens is 294 g/mol. The Hall–Kier alpha value is -1.29. The number of ether oxygens (including phenoxy) is 2. The van der Waals surface area contributed by atoms with Crippen LogP contribution in [0.3, 0.4) is 0 Å². The molecule has 0 saturated heterocycles. The summed E-state index contributed by atoms with van der Waals surface area (Å²) in [6.07, 6.45) is 1.13. The number of aryl methyl sites for hydroxylation is 1. The van der Waals surface area contributed by atoms with Crippen LogP contribution < -0.4 is 9.47 Å². The zero-order valence-electron chi connectivity index (χ0n) is 10.4. The number of alkyl halides is 1. The van der Waals surface area contributed by atoms with Gasteiger partial charge in [0.05, 0.1) is 12.6 Å². The topological polar surface area (TPSA) is 31.4 Å². The van der Waals surface area contributed by atoms with E-state index in [-0.39, 0.29) is 6.10 Å². The second-order valence-corrected chi connectivity index (χ2v) is 5.13. The van der Waals surface area contributed by atoms with Crippen LogP contribution in [0, 0.1) is 6.92 Å². The van der Waals surface area contributed by atoms with E-state index in [1.807, 2.05) is 25.1 Å².